The van der Waals surface area contributed by atoms with E-state index in [1.807, 2.05) is 0 Å². The lowest BCUT2D eigenvalue weighted by atomic mass is 9.86. The standard InChI is InChI=1S/C29H45N2Si2/c1-28(2,3)24-17-13-22(14-18-24)26(30-32(7,8)9)21-27(31-33(10,11)12)23-15-19-25(20-16-23)29(4,5)6/h13-21H,1-12H3/q-1/b26-21+,31-27-. The first-order chi connectivity index (χ1) is 14.9. The third-order valence-electron chi connectivity index (χ3n) is 5.28. The Morgan fingerprint density at radius 3 is 1.39 bits per heavy atom. The average molecular weight is 478 g/mol. The fraction of sp³-hybridized carbons (Fsp3) is 0.483. The van der Waals surface area contributed by atoms with Crippen molar-refractivity contribution in [2.75, 3.05) is 0 Å². The number of nitrogens with zero attached hydrogens (tertiary/aromatic N) is 2. The van der Waals surface area contributed by atoms with Crippen molar-refractivity contribution in [1.29, 1.82) is 0 Å². The van der Waals surface area contributed by atoms with E-state index in [-0.39, 0.29) is 10.8 Å². The van der Waals surface area contributed by atoms with Gasteiger partial charge >= 0.3 is 0 Å². The summed E-state index contributed by atoms with van der Waals surface area (Å²) in [5.41, 5.74) is 7.38. The van der Waals surface area contributed by atoms with Gasteiger partial charge in [-0.05, 0) is 61.0 Å². The van der Waals surface area contributed by atoms with Gasteiger partial charge in [-0.2, -0.15) is 0 Å². The van der Waals surface area contributed by atoms with Crippen LogP contribution in [0.25, 0.3) is 10.7 Å². The van der Waals surface area contributed by atoms with E-state index < -0.39 is 16.5 Å². The van der Waals surface area contributed by atoms with Crippen LogP contribution in [0, 0.1) is 0 Å². The zero-order valence-electron chi connectivity index (χ0n) is 23.1. The predicted molar refractivity (Wildman–Crippen MR) is 155 cm³/mol. The van der Waals surface area contributed by atoms with Gasteiger partial charge in [0.1, 0.15) is 0 Å². The first kappa shape index (κ1) is 27.3. The number of benzene rings is 2. The molecule has 0 saturated carbocycles. The summed E-state index contributed by atoms with van der Waals surface area (Å²) in [5.74, 6) is 0. The molecule has 33 heavy (non-hydrogen) atoms. The van der Waals surface area contributed by atoms with E-state index in [0.717, 1.165) is 11.4 Å². The van der Waals surface area contributed by atoms with Crippen molar-refractivity contribution in [3.05, 3.63) is 81.8 Å². The van der Waals surface area contributed by atoms with Crippen molar-refractivity contribution < 1.29 is 0 Å². The van der Waals surface area contributed by atoms with Crippen molar-refractivity contribution in [1.82, 2.24) is 0 Å². The molecule has 0 atom stereocenters. The highest BCUT2D eigenvalue weighted by atomic mass is 28.3. The minimum absolute atomic E-state index is 0.136. The van der Waals surface area contributed by atoms with E-state index in [1.54, 1.807) is 0 Å². The van der Waals surface area contributed by atoms with Crippen LogP contribution in [0.15, 0.2) is 59.3 Å². The molecule has 0 aromatic heterocycles. The summed E-state index contributed by atoms with van der Waals surface area (Å²) in [7, 11) is -3.40. The smallest absolute Gasteiger partial charge is 0.173 e. The van der Waals surface area contributed by atoms with Crippen LogP contribution in [-0.4, -0.2) is 22.2 Å². The topological polar surface area (TPSA) is 26.5 Å². The van der Waals surface area contributed by atoms with E-state index in [4.69, 9.17) is 9.64 Å². The summed E-state index contributed by atoms with van der Waals surface area (Å²) in [6.45, 7) is 27.3. The van der Waals surface area contributed by atoms with Gasteiger partial charge in [0, 0.05) is 0 Å². The molecule has 4 heteroatoms. The first-order valence-electron chi connectivity index (χ1n) is 12.1. The number of hydrogen-bond acceptors (Lipinski definition) is 1. The molecule has 0 N–H and O–H groups in total. The molecule has 2 aromatic rings. The fourth-order valence-corrected chi connectivity index (χ4v) is 5.33. The number of allylic oxidation sites excluding steroid dienone is 1. The molecule has 0 bridgehead atoms. The molecular formula is C29H45N2Si2-. The van der Waals surface area contributed by atoms with Crippen LogP contribution in [0.4, 0.5) is 0 Å². The summed E-state index contributed by atoms with van der Waals surface area (Å²) in [4.78, 5) is 5.26. The highest BCUT2D eigenvalue weighted by molar-refractivity contribution is 6.82. The third-order valence-corrected chi connectivity index (χ3v) is 7.10. The van der Waals surface area contributed by atoms with Crippen LogP contribution in [0.5, 0.6) is 0 Å². The predicted octanol–water partition coefficient (Wildman–Crippen LogP) is 9.16. The van der Waals surface area contributed by atoms with Gasteiger partial charge in [-0.25, -0.2) is 0 Å². The molecule has 180 valence electrons. The Labute approximate surface area is 205 Å². The SMILES string of the molecule is CC(C)(C)c1ccc(C(/C=C(/[N-][Si](C)(C)C)c2ccc(C(C)(C)C)cc2)=N\[Si](C)(C)C)cc1. The molecule has 0 aliphatic heterocycles. The van der Waals surface area contributed by atoms with Gasteiger partial charge in [0.2, 0.25) is 0 Å². The van der Waals surface area contributed by atoms with Crippen LogP contribution < -0.4 is 0 Å². The van der Waals surface area contributed by atoms with Crippen LogP contribution in [0.1, 0.15) is 63.8 Å². The Kier molecular flexibility index (Phi) is 8.08. The van der Waals surface area contributed by atoms with Crippen molar-refractivity contribution in [3.8, 4) is 0 Å². The maximum absolute atomic E-state index is 5.26. The zero-order valence-corrected chi connectivity index (χ0v) is 25.1. The molecule has 0 unspecified atom stereocenters. The van der Waals surface area contributed by atoms with Crippen LogP contribution >= 0.6 is 0 Å². The van der Waals surface area contributed by atoms with Crippen molar-refractivity contribution in [2.45, 2.75) is 91.7 Å². The van der Waals surface area contributed by atoms with Gasteiger partial charge in [0.15, 0.2) is 8.24 Å². The van der Waals surface area contributed by atoms with Crippen molar-refractivity contribution in [2.24, 2.45) is 4.66 Å². The Balaban J connectivity index is 2.63. The van der Waals surface area contributed by atoms with E-state index in [9.17, 15) is 0 Å². The van der Waals surface area contributed by atoms with Gasteiger partial charge in [-0.15, -0.1) is 5.70 Å². The van der Waals surface area contributed by atoms with E-state index in [1.165, 1.54) is 22.3 Å². The Bertz CT molecular complexity index is 987. The molecule has 0 aliphatic rings. The largest absolute Gasteiger partial charge is 0.687 e. The van der Waals surface area contributed by atoms with Gasteiger partial charge in [-0.3, -0.25) is 0 Å². The van der Waals surface area contributed by atoms with Gasteiger partial charge in [-0.1, -0.05) is 116 Å². The molecule has 0 aliphatic carbocycles. The molecule has 2 rings (SSSR count). The molecule has 0 radical (unpaired) electrons. The van der Waals surface area contributed by atoms with E-state index in [2.05, 4.69) is 135 Å². The van der Waals surface area contributed by atoms with Crippen LogP contribution in [-0.2, 0) is 10.8 Å². The minimum atomic E-state index is -1.70. The summed E-state index contributed by atoms with van der Waals surface area (Å²) in [5, 5.41) is 0. The average Bonchev–Trinajstić information content (AvgIpc) is 2.63. The highest BCUT2D eigenvalue weighted by Crippen LogP contribution is 2.31. The van der Waals surface area contributed by atoms with Gasteiger partial charge in [0.05, 0.1) is 5.71 Å². The molecule has 0 heterocycles. The summed E-state index contributed by atoms with van der Waals surface area (Å²) in [6.07, 6.45) is 2.23. The molecule has 0 fully saturated rings. The molecule has 0 saturated heterocycles. The normalized spacial score (nSPS) is 14.4. The minimum Gasteiger partial charge on any atom is -0.687 e. The second-order valence-corrected chi connectivity index (χ2v) is 22.3. The van der Waals surface area contributed by atoms with Crippen LogP contribution in [0.3, 0.4) is 0 Å². The third kappa shape index (κ3) is 8.75. The molecule has 2 aromatic carbocycles. The van der Waals surface area contributed by atoms with Crippen LogP contribution in [0.2, 0.25) is 39.3 Å². The quantitative estimate of drug-likeness (QED) is 0.293. The number of hydrogen-bond donors (Lipinski definition) is 0. The summed E-state index contributed by atoms with van der Waals surface area (Å²) >= 11 is 0. The maximum Gasteiger partial charge on any atom is 0.173 e. The lowest BCUT2D eigenvalue weighted by molar-refractivity contribution is 0.590. The summed E-state index contributed by atoms with van der Waals surface area (Å²) < 4.78 is 5.26. The molecule has 0 amide bonds. The van der Waals surface area contributed by atoms with E-state index in [0.29, 0.717) is 0 Å². The van der Waals surface area contributed by atoms with Gasteiger partial charge < -0.3 is 9.64 Å². The second-order valence-electron chi connectivity index (χ2n) is 13.1. The van der Waals surface area contributed by atoms with E-state index >= 15 is 0 Å². The van der Waals surface area contributed by atoms with Crippen molar-refractivity contribution >= 4 is 27.9 Å². The second kappa shape index (κ2) is 9.75. The Morgan fingerprint density at radius 1 is 0.667 bits per heavy atom. The lowest BCUT2D eigenvalue weighted by Gasteiger charge is -2.39. The number of rotatable bonds is 6. The molecule has 2 nitrogen and oxygen atoms in total. The first-order valence-corrected chi connectivity index (χ1v) is 19.0. The fourth-order valence-electron chi connectivity index (χ4n) is 3.49. The molecular weight excluding hydrogens is 433 g/mol. The zero-order chi connectivity index (χ0) is 25.2. The monoisotopic (exact) mass is 477 g/mol. The Hall–Kier alpha value is -1.92. The highest BCUT2D eigenvalue weighted by Gasteiger charge is 2.17. The lowest BCUT2D eigenvalue weighted by Crippen LogP contribution is -2.21. The van der Waals surface area contributed by atoms with Crippen molar-refractivity contribution in [3.63, 3.8) is 0 Å². The van der Waals surface area contributed by atoms with Gasteiger partial charge in [0.25, 0.3) is 0 Å². The maximum atomic E-state index is 5.26. The Morgan fingerprint density at radius 2 is 1.06 bits per heavy atom. The molecule has 0 spiro atoms. The summed E-state index contributed by atoms with van der Waals surface area (Å²) in [6, 6.07) is 17.9.